The van der Waals surface area contributed by atoms with Gasteiger partial charge in [0.25, 0.3) is 0 Å². The summed E-state index contributed by atoms with van der Waals surface area (Å²) in [6.07, 6.45) is 5.02. The first kappa shape index (κ1) is 5.03. The Labute approximate surface area is 47.2 Å². The van der Waals surface area contributed by atoms with E-state index in [0.717, 1.165) is 0 Å². The van der Waals surface area contributed by atoms with Crippen LogP contribution in [0.5, 0.6) is 0 Å². The molecule has 0 radical (unpaired) electrons. The van der Waals surface area contributed by atoms with Crippen LogP contribution in [0.2, 0.25) is 0 Å². The van der Waals surface area contributed by atoms with Gasteiger partial charge >= 0.3 is 0 Å². The Morgan fingerprint density at radius 2 is 2.62 bits per heavy atom. The lowest BCUT2D eigenvalue weighted by molar-refractivity contribution is 0.281. The van der Waals surface area contributed by atoms with E-state index in [1.807, 2.05) is 6.08 Å². The van der Waals surface area contributed by atoms with E-state index in [9.17, 15) is 0 Å². The predicted molar refractivity (Wildman–Crippen MR) is 28.3 cm³/mol. The Kier molecular flexibility index (Phi) is 1.42. The van der Waals surface area contributed by atoms with Crippen molar-refractivity contribution >= 4 is 0 Å². The predicted octanol–water partition coefficient (Wildman–Crippen LogP) is 1.45. The zero-order valence-corrected chi connectivity index (χ0v) is 4.29. The summed E-state index contributed by atoms with van der Waals surface area (Å²) in [5, 5.41) is 3.15. The second kappa shape index (κ2) is 2.26. The summed E-state index contributed by atoms with van der Waals surface area (Å²) in [6.45, 7) is 0.596. The average molecular weight is 110 g/mol. The zero-order chi connectivity index (χ0) is 5.82. The van der Waals surface area contributed by atoms with Gasteiger partial charge in [0.05, 0.1) is 0 Å². The molecule has 0 aromatic carbocycles. The minimum atomic E-state index is 0.566. The van der Waals surface area contributed by atoms with Crippen molar-refractivity contribution in [3.8, 4) is 0 Å². The van der Waals surface area contributed by atoms with Crippen LogP contribution in [-0.2, 0) is 4.74 Å². The number of nitrogens with zero attached hydrogens (tertiary/aromatic N) is 1. The van der Waals surface area contributed by atoms with Gasteiger partial charge in [0.1, 0.15) is 18.6 Å². The Morgan fingerprint density at radius 1 is 1.75 bits per heavy atom. The second-order valence-electron chi connectivity index (χ2n) is 1.39. The molecule has 0 spiro atoms. The Morgan fingerprint density at radius 3 is 3.00 bits per heavy atom. The van der Waals surface area contributed by atoms with Crippen LogP contribution in [0.1, 0.15) is 0 Å². The third-order valence-electron chi connectivity index (χ3n) is 0.814. The van der Waals surface area contributed by atoms with Crippen molar-refractivity contribution in [2.45, 2.75) is 0 Å². The van der Waals surface area contributed by atoms with Crippen LogP contribution in [0.25, 0.3) is 0 Å². The highest BCUT2D eigenvalue weighted by Gasteiger charge is 1.91. The van der Waals surface area contributed by atoms with Gasteiger partial charge in [0, 0.05) is 0 Å². The van der Waals surface area contributed by atoms with E-state index in [1.54, 1.807) is 6.08 Å². The summed E-state index contributed by atoms with van der Waals surface area (Å²) in [4.78, 5) is 0. The maximum Gasteiger partial charge on any atom is 0.119 e. The molecule has 0 saturated heterocycles. The van der Waals surface area contributed by atoms with Crippen LogP contribution in [0, 0.1) is 5.53 Å². The fraction of sp³-hybridized carbons (Fsp3) is 0.200. The topological polar surface area (TPSA) is 45.4 Å². The van der Waals surface area contributed by atoms with Crippen molar-refractivity contribution in [3.63, 3.8) is 0 Å². The minimum Gasteiger partial charge on any atom is -0.495 e. The molecule has 8 heavy (non-hydrogen) atoms. The molecule has 3 nitrogen and oxygen atoms in total. The lowest BCUT2D eigenvalue weighted by atomic mass is 10.4. The molecule has 0 fully saturated rings. The molecule has 0 bridgehead atoms. The van der Waals surface area contributed by atoms with Crippen LogP contribution in [0.15, 0.2) is 29.2 Å². The van der Waals surface area contributed by atoms with Gasteiger partial charge < -0.3 is 4.74 Å². The molecule has 0 saturated carbocycles. The quantitative estimate of drug-likeness (QED) is 0.510. The highest BCUT2D eigenvalue weighted by Crippen LogP contribution is 2.02. The fourth-order valence-corrected chi connectivity index (χ4v) is 0.461. The van der Waals surface area contributed by atoms with Gasteiger partial charge in [0.2, 0.25) is 0 Å². The van der Waals surface area contributed by atoms with Gasteiger partial charge in [-0.15, -0.1) is 0 Å². The van der Waals surface area contributed by atoms with Crippen molar-refractivity contribution in [1.82, 2.24) is 0 Å². The molecule has 1 heterocycles. The standard InChI is InChI=1S/C5H6N2O/c6-7-5-2-1-3-8-4-5/h1-2,4,6H,3H2. The number of ether oxygens (including phenoxy) is 1. The van der Waals surface area contributed by atoms with Gasteiger partial charge in [-0.3, -0.25) is 0 Å². The van der Waals surface area contributed by atoms with E-state index in [4.69, 9.17) is 10.3 Å². The molecule has 0 aromatic heterocycles. The smallest absolute Gasteiger partial charge is 0.119 e. The summed E-state index contributed by atoms with van der Waals surface area (Å²) in [5.74, 6) is 0. The molecular weight excluding hydrogens is 104 g/mol. The number of hydrogen-bond donors (Lipinski definition) is 1. The van der Waals surface area contributed by atoms with Crippen molar-refractivity contribution in [3.05, 3.63) is 24.1 Å². The zero-order valence-electron chi connectivity index (χ0n) is 4.29. The van der Waals surface area contributed by atoms with Crippen molar-refractivity contribution in [1.29, 1.82) is 5.53 Å². The van der Waals surface area contributed by atoms with Crippen molar-refractivity contribution < 1.29 is 4.74 Å². The van der Waals surface area contributed by atoms with E-state index in [2.05, 4.69) is 5.11 Å². The van der Waals surface area contributed by atoms with Gasteiger partial charge in [-0.2, -0.15) is 5.11 Å². The first-order valence-corrected chi connectivity index (χ1v) is 2.29. The van der Waals surface area contributed by atoms with E-state index in [0.29, 0.717) is 12.3 Å². The number of nitrogens with one attached hydrogen (secondary N) is 1. The first-order chi connectivity index (χ1) is 3.93. The van der Waals surface area contributed by atoms with Gasteiger partial charge in [-0.1, -0.05) is 0 Å². The molecule has 1 aliphatic heterocycles. The van der Waals surface area contributed by atoms with Gasteiger partial charge in [0.15, 0.2) is 0 Å². The van der Waals surface area contributed by atoms with Crippen LogP contribution in [0.4, 0.5) is 0 Å². The lowest BCUT2D eigenvalue weighted by Crippen LogP contribution is -1.88. The minimum absolute atomic E-state index is 0.566. The number of rotatable bonds is 1. The Bertz CT molecular complexity index is 149. The third kappa shape index (κ3) is 0.932. The van der Waals surface area contributed by atoms with Crippen LogP contribution in [-0.4, -0.2) is 6.61 Å². The molecule has 1 N–H and O–H groups in total. The van der Waals surface area contributed by atoms with Crippen molar-refractivity contribution in [2.24, 2.45) is 5.11 Å². The highest BCUT2D eigenvalue weighted by atomic mass is 16.5. The lowest BCUT2D eigenvalue weighted by Gasteiger charge is -1.99. The third-order valence-corrected chi connectivity index (χ3v) is 0.814. The first-order valence-electron chi connectivity index (χ1n) is 2.29. The van der Waals surface area contributed by atoms with Crippen LogP contribution < -0.4 is 0 Å². The summed E-state index contributed by atoms with van der Waals surface area (Å²) >= 11 is 0. The molecule has 0 aromatic rings. The van der Waals surface area contributed by atoms with E-state index in [-0.39, 0.29) is 0 Å². The molecule has 0 amide bonds. The van der Waals surface area contributed by atoms with E-state index < -0.39 is 0 Å². The normalized spacial score (nSPS) is 16.8. The monoisotopic (exact) mass is 110 g/mol. The summed E-state index contributed by atoms with van der Waals surface area (Å²) in [5.41, 5.74) is 7.09. The maximum absolute atomic E-state index is 6.52. The molecular formula is C5H6N2O. The Hall–Kier alpha value is -1.12. The second-order valence-corrected chi connectivity index (χ2v) is 1.39. The summed E-state index contributed by atoms with van der Waals surface area (Å²) < 4.78 is 4.81. The molecule has 0 aliphatic carbocycles. The molecule has 3 heteroatoms. The van der Waals surface area contributed by atoms with E-state index >= 15 is 0 Å². The SMILES string of the molecule is N=NC1=COCC=C1. The fourth-order valence-electron chi connectivity index (χ4n) is 0.461. The van der Waals surface area contributed by atoms with Crippen LogP contribution >= 0.6 is 0 Å². The van der Waals surface area contributed by atoms with Crippen LogP contribution in [0.3, 0.4) is 0 Å². The molecule has 1 rings (SSSR count). The molecule has 1 aliphatic rings. The van der Waals surface area contributed by atoms with E-state index in [1.165, 1.54) is 6.26 Å². The van der Waals surface area contributed by atoms with Crippen molar-refractivity contribution in [2.75, 3.05) is 6.61 Å². The number of hydrogen-bond acceptors (Lipinski definition) is 3. The summed E-state index contributed by atoms with van der Waals surface area (Å²) in [6, 6.07) is 0. The maximum atomic E-state index is 6.52. The Balaban J connectivity index is 2.64. The largest absolute Gasteiger partial charge is 0.495 e. The van der Waals surface area contributed by atoms with Gasteiger partial charge in [-0.05, 0) is 12.2 Å². The molecule has 0 unspecified atom stereocenters. The molecule has 42 valence electrons. The number of allylic oxidation sites excluding steroid dienone is 1. The molecule has 0 atom stereocenters. The highest BCUT2D eigenvalue weighted by molar-refractivity contribution is 5.16. The summed E-state index contributed by atoms with van der Waals surface area (Å²) in [7, 11) is 0. The van der Waals surface area contributed by atoms with Gasteiger partial charge in [-0.25, -0.2) is 5.53 Å². The average Bonchev–Trinajstić information content (AvgIpc) is 1.90.